The van der Waals surface area contributed by atoms with E-state index in [0.717, 1.165) is 29.5 Å². The zero-order valence-corrected chi connectivity index (χ0v) is 11.7. The largest absolute Gasteiger partial charge is 0.298 e. The Hall–Kier alpha value is -2.68. The maximum absolute atomic E-state index is 12.9. The van der Waals surface area contributed by atoms with Gasteiger partial charge in [-0.15, -0.1) is 0 Å². The van der Waals surface area contributed by atoms with Crippen molar-refractivity contribution in [3.05, 3.63) is 76.2 Å². The first-order valence-electron chi connectivity index (χ1n) is 6.94. The molecular weight excluding hydrogens is 262 g/mol. The summed E-state index contributed by atoms with van der Waals surface area (Å²) >= 11 is 0. The quantitative estimate of drug-likeness (QED) is 0.688. The van der Waals surface area contributed by atoms with E-state index in [4.69, 9.17) is 0 Å². The van der Waals surface area contributed by atoms with Crippen LogP contribution in [0.15, 0.2) is 59.4 Å². The van der Waals surface area contributed by atoms with Crippen LogP contribution in [0.2, 0.25) is 0 Å². The van der Waals surface area contributed by atoms with Crippen LogP contribution in [0.5, 0.6) is 0 Å². The number of aryl methyl sites for hydroxylation is 1. The summed E-state index contributed by atoms with van der Waals surface area (Å²) in [4.78, 5) is 24.1. The molecule has 3 heteroatoms. The molecule has 0 saturated carbocycles. The van der Waals surface area contributed by atoms with Gasteiger partial charge in [-0.2, -0.15) is 0 Å². The van der Waals surface area contributed by atoms with Crippen LogP contribution in [-0.4, -0.2) is 10.9 Å². The average Bonchev–Trinajstić information content (AvgIpc) is 2.54. The highest BCUT2D eigenvalue weighted by Gasteiger charge is 2.12. The second kappa shape index (κ2) is 5.37. The van der Waals surface area contributed by atoms with Crippen LogP contribution in [0.3, 0.4) is 0 Å². The van der Waals surface area contributed by atoms with Gasteiger partial charge in [0, 0.05) is 16.9 Å². The van der Waals surface area contributed by atoms with Crippen molar-refractivity contribution in [3.63, 3.8) is 0 Å². The normalized spacial score (nSPS) is 10.7. The number of pyridine rings is 1. The van der Waals surface area contributed by atoms with E-state index in [2.05, 4.69) is 0 Å². The topological polar surface area (TPSA) is 39.1 Å². The Morgan fingerprint density at radius 2 is 1.81 bits per heavy atom. The number of hydrogen-bond acceptors (Lipinski definition) is 2. The lowest BCUT2D eigenvalue weighted by atomic mass is 10.0. The molecule has 21 heavy (non-hydrogen) atoms. The van der Waals surface area contributed by atoms with E-state index in [1.807, 2.05) is 49.4 Å². The van der Waals surface area contributed by atoms with Crippen molar-refractivity contribution in [2.75, 3.05) is 0 Å². The van der Waals surface area contributed by atoms with E-state index in [1.54, 1.807) is 16.7 Å². The molecule has 0 fully saturated rings. The molecule has 1 heterocycles. The summed E-state index contributed by atoms with van der Waals surface area (Å²) in [6.07, 6.45) is 1.48. The van der Waals surface area contributed by atoms with E-state index in [1.165, 1.54) is 0 Å². The van der Waals surface area contributed by atoms with Crippen molar-refractivity contribution in [3.8, 4) is 5.69 Å². The van der Waals surface area contributed by atoms with Crippen molar-refractivity contribution < 1.29 is 4.79 Å². The third-order valence-electron chi connectivity index (χ3n) is 3.66. The minimum absolute atomic E-state index is 0.141. The molecule has 3 rings (SSSR count). The van der Waals surface area contributed by atoms with Crippen molar-refractivity contribution in [1.82, 2.24) is 4.57 Å². The number of benzene rings is 2. The van der Waals surface area contributed by atoms with Crippen LogP contribution >= 0.6 is 0 Å². The minimum atomic E-state index is -0.141. The molecule has 0 N–H and O–H groups in total. The smallest absolute Gasteiger partial charge is 0.263 e. The summed E-state index contributed by atoms with van der Waals surface area (Å²) < 4.78 is 1.69. The molecule has 3 aromatic rings. The van der Waals surface area contributed by atoms with Crippen molar-refractivity contribution >= 4 is 17.1 Å². The Kier molecular flexibility index (Phi) is 3.40. The summed E-state index contributed by atoms with van der Waals surface area (Å²) in [7, 11) is 0. The molecule has 3 nitrogen and oxygen atoms in total. The van der Waals surface area contributed by atoms with Gasteiger partial charge in [0.2, 0.25) is 0 Å². The van der Waals surface area contributed by atoms with Crippen LogP contribution in [0.25, 0.3) is 16.5 Å². The molecule has 0 aliphatic carbocycles. The van der Waals surface area contributed by atoms with Gasteiger partial charge in [-0.05, 0) is 30.0 Å². The lowest BCUT2D eigenvalue weighted by Crippen LogP contribution is -2.22. The zero-order chi connectivity index (χ0) is 14.8. The predicted octanol–water partition coefficient (Wildman–Crippen LogP) is 3.37. The molecule has 0 atom stereocenters. The number of para-hydroxylation sites is 1. The Labute approximate surface area is 122 Å². The first-order chi connectivity index (χ1) is 10.3. The molecular formula is C18H15NO2. The zero-order valence-electron chi connectivity index (χ0n) is 11.7. The minimum Gasteiger partial charge on any atom is -0.298 e. The Morgan fingerprint density at radius 3 is 2.48 bits per heavy atom. The van der Waals surface area contributed by atoms with Crippen molar-refractivity contribution in [1.29, 1.82) is 0 Å². The van der Waals surface area contributed by atoms with Gasteiger partial charge < -0.3 is 0 Å². The highest BCUT2D eigenvalue weighted by Crippen LogP contribution is 2.18. The second-order valence-electron chi connectivity index (χ2n) is 4.89. The van der Waals surface area contributed by atoms with Crippen LogP contribution < -0.4 is 5.56 Å². The Morgan fingerprint density at radius 1 is 1.05 bits per heavy atom. The summed E-state index contributed by atoms with van der Waals surface area (Å²) in [5, 5.41) is 1.29. The third-order valence-corrected chi connectivity index (χ3v) is 3.66. The van der Waals surface area contributed by atoms with E-state index in [9.17, 15) is 9.59 Å². The molecule has 0 spiro atoms. The maximum Gasteiger partial charge on any atom is 0.263 e. The molecule has 1 aromatic heterocycles. The number of rotatable bonds is 3. The van der Waals surface area contributed by atoms with Gasteiger partial charge in [0.05, 0.1) is 5.39 Å². The van der Waals surface area contributed by atoms with Crippen LogP contribution in [0.1, 0.15) is 23.0 Å². The molecule has 0 aliphatic rings. The fraction of sp³-hybridized carbons (Fsp3) is 0.111. The first-order valence-corrected chi connectivity index (χ1v) is 6.94. The Bertz CT molecular complexity index is 864. The van der Waals surface area contributed by atoms with Crippen molar-refractivity contribution in [2.24, 2.45) is 0 Å². The van der Waals surface area contributed by atoms with E-state index < -0.39 is 0 Å². The second-order valence-corrected chi connectivity index (χ2v) is 4.89. The standard InChI is InChI=1S/C18H15NO2/c1-2-15-11-13-7-6-8-14(12-20)17(13)18(21)19(15)16-9-4-3-5-10-16/h3-12H,2H2,1H3. The molecule has 0 aliphatic heterocycles. The lowest BCUT2D eigenvalue weighted by Gasteiger charge is -2.14. The fourth-order valence-electron chi connectivity index (χ4n) is 2.66. The van der Waals surface area contributed by atoms with E-state index in [-0.39, 0.29) is 5.56 Å². The number of fused-ring (bicyclic) bond motifs is 1. The van der Waals surface area contributed by atoms with Gasteiger partial charge in [-0.1, -0.05) is 43.3 Å². The number of nitrogens with zero attached hydrogens (tertiary/aromatic N) is 1. The molecule has 0 radical (unpaired) electrons. The van der Waals surface area contributed by atoms with Gasteiger partial charge in [-0.25, -0.2) is 0 Å². The van der Waals surface area contributed by atoms with Gasteiger partial charge in [0.1, 0.15) is 0 Å². The van der Waals surface area contributed by atoms with Crippen LogP contribution in [0.4, 0.5) is 0 Å². The number of aromatic nitrogens is 1. The van der Waals surface area contributed by atoms with E-state index in [0.29, 0.717) is 10.9 Å². The molecule has 0 unspecified atom stereocenters. The molecule has 0 bridgehead atoms. The molecule has 2 aromatic carbocycles. The summed E-state index contributed by atoms with van der Waals surface area (Å²) in [6, 6.07) is 16.8. The van der Waals surface area contributed by atoms with Crippen LogP contribution in [-0.2, 0) is 6.42 Å². The highest BCUT2D eigenvalue weighted by atomic mass is 16.1. The third kappa shape index (κ3) is 2.17. The highest BCUT2D eigenvalue weighted by molar-refractivity contribution is 5.97. The van der Waals surface area contributed by atoms with Gasteiger partial charge >= 0.3 is 0 Å². The molecule has 104 valence electrons. The maximum atomic E-state index is 12.9. The average molecular weight is 277 g/mol. The fourth-order valence-corrected chi connectivity index (χ4v) is 2.66. The monoisotopic (exact) mass is 277 g/mol. The Balaban J connectivity index is 2.47. The SMILES string of the molecule is CCc1cc2cccc(C=O)c2c(=O)n1-c1ccccc1. The first kappa shape index (κ1) is 13.3. The van der Waals surface area contributed by atoms with Gasteiger partial charge in [0.15, 0.2) is 6.29 Å². The number of carbonyl (C=O) groups excluding carboxylic acids is 1. The molecule has 0 amide bonds. The number of hydrogen-bond donors (Lipinski definition) is 0. The number of aldehydes is 1. The lowest BCUT2D eigenvalue weighted by molar-refractivity contribution is 0.112. The summed E-state index contributed by atoms with van der Waals surface area (Å²) in [5.41, 5.74) is 2.05. The summed E-state index contributed by atoms with van der Waals surface area (Å²) in [6.45, 7) is 2.02. The van der Waals surface area contributed by atoms with Gasteiger partial charge in [0.25, 0.3) is 5.56 Å². The molecule has 0 saturated heterocycles. The van der Waals surface area contributed by atoms with Crippen LogP contribution in [0, 0.1) is 0 Å². The number of carbonyl (C=O) groups is 1. The van der Waals surface area contributed by atoms with Gasteiger partial charge in [-0.3, -0.25) is 14.2 Å². The van der Waals surface area contributed by atoms with Crippen molar-refractivity contribution in [2.45, 2.75) is 13.3 Å². The van der Waals surface area contributed by atoms with E-state index >= 15 is 0 Å². The summed E-state index contributed by atoms with van der Waals surface area (Å²) in [5.74, 6) is 0. The predicted molar refractivity (Wildman–Crippen MR) is 84.3 cm³/mol.